The third-order valence-electron chi connectivity index (χ3n) is 5.82. The number of nitrogens with zero attached hydrogens (tertiary/aromatic N) is 5. The molecule has 1 amide bonds. The number of non-ortho nitro benzene ring substituents is 1. The molecular weight excluding hydrogens is 450 g/mol. The summed E-state index contributed by atoms with van der Waals surface area (Å²) in [5, 5.41) is 15.4. The predicted molar refractivity (Wildman–Crippen MR) is 119 cm³/mol. The Balaban J connectivity index is 1.64. The number of hydrogen-bond acceptors (Lipinski definition) is 7. The fourth-order valence-corrected chi connectivity index (χ4v) is 5.62. The molecule has 1 saturated heterocycles. The summed E-state index contributed by atoms with van der Waals surface area (Å²) in [5.74, 6) is -0.206. The van der Waals surface area contributed by atoms with Crippen LogP contribution in [0.15, 0.2) is 29.2 Å². The number of hydrogen-bond donors (Lipinski definition) is 0. The Hall–Kier alpha value is -3.12. The molecule has 0 N–H and O–H groups in total. The molecule has 2 heterocycles. The average Bonchev–Trinajstić information content (AvgIpc) is 3.08. The Morgan fingerprint density at radius 1 is 1.18 bits per heavy atom. The second kappa shape index (κ2) is 9.40. The lowest BCUT2D eigenvalue weighted by atomic mass is 10.1. The number of nitro benzene ring substituents is 1. The van der Waals surface area contributed by atoms with Gasteiger partial charge < -0.3 is 4.90 Å². The van der Waals surface area contributed by atoms with Crippen LogP contribution in [-0.2, 0) is 14.8 Å². The van der Waals surface area contributed by atoms with Crippen LogP contribution in [-0.4, -0.2) is 70.2 Å². The van der Waals surface area contributed by atoms with Crippen molar-refractivity contribution in [1.29, 1.82) is 0 Å². The molecule has 0 spiro atoms. The zero-order chi connectivity index (χ0) is 24.5. The summed E-state index contributed by atoms with van der Waals surface area (Å²) in [6.07, 6.45) is 0.164. The van der Waals surface area contributed by atoms with Crippen molar-refractivity contribution >= 4 is 27.4 Å². The van der Waals surface area contributed by atoms with Gasteiger partial charge in [0.15, 0.2) is 5.78 Å². The SMILES string of the molecule is CC(=O)c1c(C)nn(C(C)CC(=O)N2CCN(S(=O)(=O)c3cccc([N+](=O)[O-])c3)CC2)c1C. The molecule has 1 atom stereocenters. The van der Waals surface area contributed by atoms with Crippen LogP contribution in [0.3, 0.4) is 0 Å². The minimum absolute atomic E-state index is 0.0733. The number of nitro groups is 1. The van der Waals surface area contributed by atoms with Gasteiger partial charge in [-0.15, -0.1) is 0 Å². The fraction of sp³-hybridized carbons (Fsp3) is 0.476. The van der Waals surface area contributed by atoms with Gasteiger partial charge in [-0.2, -0.15) is 9.40 Å². The van der Waals surface area contributed by atoms with Gasteiger partial charge in [0.05, 0.1) is 27.1 Å². The van der Waals surface area contributed by atoms with Crippen LogP contribution in [0.5, 0.6) is 0 Å². The van der Waals surface area contributed by atoms with Gasteiger partial charge in [0.25, 0.3) is 5.69 Å². The number of piperazine rings is 1. The second-order valence-corrected chi connectivity index (χ2v) is 10.1. The number of amides is 1. The Labute approximate surface area is 192 Å². The molecule has 1 unspecified atom stereocenters. The molecular formula is C21H27N5O6S. The molecule has 0 bridgehead atoms. The molecule has 12 heteroatoms. The van der Waals surface area contributed by atoms with Gasteiger partial charge in [0.2, 0.25) is 15.9 Å². The van der Waals surface area contributed by atoms with Crippen LogP contribution in [0.1, 0.15) is 48.1 Å². The van der Waals surface area contributed by atoms with E-state index >= 15 is 0 Å². The molecule has 1 aromatic carbocycles. The van der Waals surface area contributed by atoms with Gasteiger partial charge in [-0.05, 0) is 33.8 Å². The molecule has 0 aliphatic carbocycles. The lowest BCUT2D eigenvalue weighted by Gasteiger charge is -2.34. The molecule has 33 heavy (non-hydrogen) atoms. The molecule has 2 aromatic rings. The summed E-state index contributed by atoms with van der Waals surface area (Å²) < 4.78 is 28.7. The van der Waals surface area contributed by atoms with Gasteiger partial charge in [0.1, 0.15) is 0 Å². The van der Waals surface area contributed by atoms with Crippen LogP contribution < -0.4 is 0 Å². The number of ketones is 1. The van der Waals surface area contributed by atoms with Gasteiger partial charge in [-0.1, -0.05) is 6.07 Å². The first kappa shape index (κ1) is 24.5. The molecule has 1 fully saturated rings. The lowest BCUT2D eigenvalue weighted by molar-refractivity contribution is -0.385. The molecule has 1 aromatic heterocycles. The fourth-order valence-electron chi connectivity index (χ4n) is 4.15. The molecule has 1 aliphatic rings. The number of Topliss-reactive ketones (excluding diaryl/α,β-unsaturated/α-hetero) is 1. The van der Waals surface area contributed by atoms with E-state index in [-0.39, 0.29) is 60.9 Å². The van der Waals surface area contributed by atoms with E-state index in [0.29, 0.717) is 17.0 Å². The number of carbonyl (C=O) groups is 2. The Morgan fingerprint density at radius 3 is 2.36 bits per heavy atom. The standard InChI is InChI=1S/C21H27N5O6S/c1-14(25-16(3)21(17(4)27)15(2)22-25)12-20(28)23-8-10-24(11-9-23)33(31,32)19-7-5-6-18(13-19)26(29)30/h5-7,13-14H,8-12H2,1-4H3. The van der Waals surface area contributed by atoms with Crippen molar-refractivity contribution in [3.05, 3.63) is 51.3 Å². The smallest absolute Gasteiger partial charge is 0.270 e. The number of benzene rings is 1. The quantitative estimate of drug-likeness (QED) is 0.338. The van der Waals surface area contributed by atoms with Crippen LogP contribution >= 0.6 is 0 Å². The minimum Gasteiger partial charge on any atom is -0.340 e. The van der Waals surface area contributed by atoms with E-state index in [1.807, 2.05) is 6.92 Å². The number of aryl methyl sites for hydroxylation is 1. The van der Waals surface area contributed by atoms with E-state index in [1.165, 1.54) is 29.4 Å². The van der Waals surface area contributed by atoms with Crippen molar-refractivity contribution in [3.8, 4) is 0 Å². The first-order valence-corrected chi connectivity index (χ1v) is 12.0. The van der Waals surface area contributed by atoms with E-state index in [9.17, 15) is 28.1 Å². The highest BCUT2D eigenvalue weighted by Crippen LogP contribution is 2.24. The predicted octanol–water partition coefficient (Wildman–Crippen LogP) is 2.09. The van der Waals surface area contributed by atoms with Crippen molar-refractivity contribution in [2.24, 2.45) is 0 Å². The molecule has 178 valence electrons. The zero-order valence-corrected chi connectivity index (χ0v) is 19.8. The van der Waals surface area contributed by atoms with Crippen LogP contribution in [0, 0.1) is 24.0 Å². The van der Waals surface area contributed by atoms with E-state index in [4.69, 9.17) is 0 Å². The van der Waals surface area contributed by atoms with E-state index in [2.05, 4.69) is 5.10 Å². The summed E-state index contributed by atoms with van der Waals surface area (Å²) in [7, 11) is -3.90. The van der Waals surface area contributed by atoms with E-state index in [1.54, 1.807) is 23.4 Å². The summed E-state index contributed by atoms with van der Waals surface area (Å²) in [5.41, 5.74) is 1.61. The molecule has 0 radical (unpaired) electrons. The minimum atomic E-state index is -3.90. The van der Waals surface area contributed by atoms with Crippen LogP contribution in [0.25, 0.3) is 0 Å². The first-order valence-electron chi connectivity index (χ1n) is 10.5. The largest absolute Gasteiger partial charge is 0.340 e. The first-order chi connectivity index (χ1) is 15.4. The second-order valence-electron chi connectivity index (χ2n) is 8.14. The third kappa shape index (κ3) is 4.96. The van der Waals surface area contributed by atoms with Crippen molar-refractivity contribution in [2.75, 3.05) is 26.2 Å². The van der Waals surface area contributed by atoms with Gasteiger partial charge in [0, 0.05) is 50.4 Å². The summed E-state index contributed by atoms with van der Waals surface area (Å²) >= 11 is 0. The number of rotatable bonds is 7. The van der Waals surface area contributed by atoms with Crippen molar-refractivity contribution < 1.29 is 22.9 Å². The van der Waals surface area contributed by atoms with Gasteiger partial charge >= 0.3 is 0 Å². The van der Waals surface area contributed by atoms with Crippen LogP contribution in [0.2, 0.25) is 0 Å². The summed E-state index contributed by atoms with van der Waals surface area (Å²) in [6.45, 7) is 7.53. The highest BCUT2D eigenvalue weighted by atomic mass is 32.2. The van der Waals surface area contributed by atoms with E-state index in [0.717, 1.165) is 6.07 Å². The number of carbonyl (C=O) groups excluding carboxylic acids is 2. The molecule has 0 saturated carbocycles. The Morgan fingerprint density at radius 2 is 1.82 bits per heavy atom. The highest BCUT2D eigenvalue weighted by molar-refractivity contribution is 7.89. The lowest BCUT2D eigenvalue weighted by Crippen LogP contribution is -2.50. The topological polar surface area (TPSA) is 136 Å². The molecule has 11 nitrogen and oxygen atoms in total. The monoisotopic (exact) mass is 477 g/mol. The normalized spacial score (nSPS) is 15.9. The molecule has 1 aliphatic heterocycles. The summed E-state index contributed by atoms with van der Waals surface area (Å²) in [4.78, 5) is 36.5. The summed E-state index contributed by atoms with van der Waals surface area (Å²) in [6, 6.07) is 4.67. The van der Waals surface area contributed by atoms with Crippen LogP contribution in [0.4, 0.5) is 5.69 Å². The Kier molecular flexibility index (Phi) is 6.98. The van der Waals surface area contributed by atoms with Crippen molar-refractivity contribution in [1.82, 2.24) is 19.0 Å². The maximum absolute atomic E-state index is 12.9. The van der Waals surface area contributed by atoms with E-state index < -0.39 is 14.9 Å². The third-order valence-corrected chi connectivity index (χ3v) is 7.72. The van der Waals surface area contributed by atoms with Crippen molar-refractivity contribution in [3.63, 3.8) is 0 Å². The van der Waals surface area contributed by atoms with Gasteiger partial charge in [-0.25, -0.2) is 8.42 Å². The maximum atomic E-state index is 12.9. The highest BCUT2D eigenvalue weighted by Gasteiger charge is 2.31. The zero-order valence-electron chi connectivity index (χ0n) is 19.0. The average molecular weight is 478 g/mol. The number of sulfonamides is 1. The maximum Gasteiger partial charge on any atom is 0.270 e. The molecule has 3 rings (SSSR count). The van der Waals surface area contributed by atoms with Crippen molar-refractivity contribution in [2.45, 2.75) is 45.1 Å². The van der Waals surface area contributed by atoms with Gasteiger partial charge in [-0.3, -0.25) is 24.4 Å². The Bertz CT molecular complexity index is 1200. The number of aromatic nitrogens is 2.